The SMILES string of the molecule is CCOc1ccc(/C(Cl)=C(/C#N)c2ccncc2)cc1. The van der Waals surface area contributed by atoms with E-state index < -0.39 is 0 Å². The van der Waals surface area contributed by atoms with Gasteiger partial charge >= 0.3 is 0 Å². The van der Waals surface area contributed by atoms with Crippen molar-refractivity contribution >= 4 is 22.2 Å². The number of ether oxygens (including phenoxy) is 1. The fourth-order valence-electron chi connectivity index (χ4n) is 1.77. The molecular weight excluding hydrogens is 272 g/mol. The van der Waals surface area contributed by atoms with Gasteiger partial charge in [-0.25, -0.2) is 0 Å². The maximum absolute atomic E-state index is 9.31. The highest BCUT2D eigenvalue weighted by Crippen LogP contribution is 2.30. The molecule has 1 aromatic carbocycles. The van der Waals surface area contributed by atoms with Gasteiger partial charge in [0.05, 0.1) is 17.2 Å². The lowest BCUT2D eigenvalue weighted by molar-refractivity contribution is 0.340. The fraction of sp³-hybridized carbons (Fsp3) is 0.125. The van der Waals surface area contributed by atoms with Gasteiger partial charge in [0.2, 0.25) is 0 Å². The molecule has 0 saturated heterocycles. The molecule has 0 atom stereocenters. The van der Waals surface area contributed by atoms with Crippen molar-refractivity contribution in [2.24, 2.45) is 0 Å². The Morgan fingerprint density at radius 2 is 1.80 bits per heavy atom. The van der Waals surface area contributed by atoms with E-state index in [2.05, 4.69) is 11.1 Å². The molecule has 3 nitrogen and oxygen atoms in total. The first-order valence-corrected chi connectivity index (χ1v) is 6.57. The maximum Gasteiger partial charge on any atom is 0.119 e. The van der Waals surface area contributed by atoms with E-state index in [4.69, 9.17) is 16.3 Å². The number of allylic oxidation sites excluding steroid dienone is 1. The number of benzene rings is 1. The highest BCUT2D eigenvalue weighted by molar-refractivity contribution is 6.53. The summed E-state index contributed by atoms with van der Waals surface area (Å²) in [4.78, 5) is 3.93. The van der Waals surface area contributed by atoms with Crippen LogP contribution in [0, 0.1) is 11.3 Å². The molecule has 1 aromatic heterocycles. The van der Waals surface area contributed by atoms with Crippen molar-refractivity contribution in [3.8, 4) is 11.8 Å². The summed E-state index contributed by atoms with van der Waals surface area (Å²) in [7, 11) is 0. The molecule has 0 amide bonds. The lowest BCUT2D eigenvalue weighted by Crippen LogP contribution is -1.91. The third kappa shape index (κ3) is 3.17. The van der Waals surface area contributed by atoms with Crippen molar-refractivity contribution < 1.29 is 4.74 Å². The molecule has 0 spiro atoms. The van der Waals surface area contributed by atoms with E-state index in [9.17, 15) is 5.26 Å². The van der Waals surface area contributed by atoms with E-state index >= 15 is 0 Å². The standard InChI is InChI=1S/C16H13ClN2O/c1-2-20-14-5-3-13(4-6-14)16(17)15(11-18)12-7-9-19-10-8-12/h3-10H,2H2,1H3/b16-15+. The molecular formula is C16H13ClN2O. The summed E-state index contributed by atoms with van der Waals surface area (Å²) in [5.41, 5.74) is 1.96. The van der Waals surface area contributed by atoms with E-state index in [1.165, 1.54) is 0 Å². The van der Waals surface area contributed by atoms with Crippen molar-refractivity contribution in [2.45, 2.75) is 6.92 Å². The predicted octanol–water partition coefficient (Wildman–Crippen LogP) is 4.11. The molecule has 0 aliphatic carbocycles. The van der Waals surface area contributed by atoms with E-state index in [0.717, 1.165) is 16.9 Å². The minimum Gasteiger partial charge on any atom is -0.494 e. The molecule has 0 radical (unpaired) electrons. The third-order valence-electron chi connectivity index (χ3n) is 2.72. The van der Waals surface area contributed by atoms with Gasteiger partial charge in [0, 0.05) is 12.4 Å². The van der Waals surface area contributed by atoms with Crippen molar-refractivity contribution in [3.63, 3.8) is 0 Å². The molecule has 0 fully saturated rings. The van der Waals surface area contributed by atoms with Crippen LogP contribution in [-0.4, -0.2) is 11.6 Å². The van der Waals surface area contributed by atoms with Gasteiger partial charge in [0.1, 0.15) is 11.8 Å². The van der Waals surface area contributed by atoms with E-state index in [1.807, 2.05) is 31.2 Å². The van der Waals surface area contributed by atoms with E-state index in [-0.39, 0.29) is 0 Å². The van der Waals surface area contributed by atoms with Gasteiger partial charge < -0.3 is 4.74 Å². The number of halogens is 1. The monoisotopic (exact) mass is 284 g/mol. The van der Waals surface area contributed by atoms with Crippen molar-refractivity contribution in [2.75, 3.05) is 6.61 Å². The normalized spacial score (nSPS) is 11.4. The van der Waals surface area contributed by atoms with Gasteiger partial charge in [-0.1, -0.05) is 11.6 Å². The minimum atomic E-state index is 0.418. The summed E-state index contributed by atoms with van der Waals surface area (Å²) in [6, 6.07) is 13.0. The second-order valence-electron chi connectivity index (χ2n) is 3.99. The van der Waals surface area contributed by atoms with Gasteiger partial charge in [-0.3, -0.25) is 4.98 Å². The van der Waals surface area contributed by atoms with Crippen LogP contribution in [0.3, 0.4) is 0 Å². The Morgan fingerprint density at radius 1 is 1.15 bits per heavy atom. The van der Waals surface area contributed by atoms with Crippen molar-refractivity contribution in [1.29, 1.82) is 5.26 Å². The number of pyridine rings is 1. The smallest absolute Gasteiger partial charge is 0.119 e. The van der Waals surface area contributed by atoms with Crippen LogP contribution in [0.4, 0.5) is 0 Å². The summed E-state index contributed by atoms with van der Waals surface area (Å²) in [6.45, 7) is 2.54. The first-order chi connectivity index (χ1) is 9.76. The molecule has 0 bridgehead atoms. The summed E-state index contributed by atoms with van der Waals surface area (Å²) in [6.07, 6.45) is 3.27. The molecule has 0 aliphatic rings. The van der Waals surface area contributed by atoms with Crippen LogP contribution < -0.4 is 4.74 Å². The van der Waals surface area contributed by atoms with Crippen molar-refractivity contribution in [1.82, 2.24) is 4.98 Å². The Hall–Kier alpha value is -2.31. The topological polar surface area (TPSA) is 45.9 Å². The second kappa shape index (κ2) is 6.74. The summed E-state index contributed by atoms with van der Waals surface area (Å²) >= 11 is 6.33. The van der Waals surface area contributed by atoms with E-state index in [1.54, 1.807) is 24.5 Å². The fourth-order valence-corrected chi connectivity index (χ4v) is 2.04. The van der Waals surface area contributed by atoms with Gasteiger partial charge in [-0.05, 0) is 54.4 Å². The average molecular weight is 285 g/mol. The van der Waals surface area contributed by atoms with Crippen LogP contribution in [0.5, 0.6) is 5.75 Å². The Morgan fingerprint density at radius 3 is 2.35 bits per heavy atom. The first-order valence-electron chi connectivity index (χ1n) is 6.19. The molecule has 0 saturated carbocycles. The van der Waals surface area contributed by atoms with Crippen LogP contribution in [0.2, 0.25) is 0 Å². The summed E-state index contributed by atoms with van der Waals surface area (Å²) in [5.74, 6) is 0.781. The first kappa shape index (κ1) is 14.1. The average Bonchev–Trinajstić information content (AvgIpc) is 2.50. The maximum atomic E-state index is 9.31. The number of nitriles is 1. The number of rotatable bonds is 4. The van der Waals surface area contributed by atoms with Gasteiger partial charge in [0.25, 0.3) is 0 Å². The number of aromatic nitrogens is 1. The number of nitrogens with zero attached hydrogens (tertiary/aromatic N) is 2. The zero-order valence-electron chi connectivity index (χ0n) is 11.0. The Kier molecular flexibility index (Phi) is 4.75. The number of hydrogen-bond donors (Lipinski definition) is 0. The lowest BCUT2D eigenvalue weighted by atomic mass is 10.0. The molecule has 100 valence electrons. The molecule has 1 heterocycles. The number of hydrogen-bond acceptors (Lipinski definition) is 3. The molecule has 0 unspecified atom stereocenters. The third-order valence-corrected chi connectivity index (χ3v) is 3.13. The lowest BCUT2D eigenvalue weighted by Gasteiger charge is -2.06. The Labute approximate surface area is 123 Å². The van der Waals surface area contributed by atoms with Crippen LogP contribution in [0.1, 0.15) is 18.1 Å². The van der Waals surface area contributed by atoms with E-state index in [0.29, 0.717) is 17.2 Å². The molecule has 2 aromatic rings. The largest absolute Gasteiger partial charge is 0.494 e. The Balaban J connectivity index is 2.39. The van der Waals surface area contributed by atoms with Gasteiger partial charge in [-0.15, -0.1) is 0 Å². The molecule has 0 N–H and O–H groups in total. The molecule has 0 aliphatic heterocycles. The van der Waals surface area contributed by atoms with Crippen LogP contribution in [0.25, 0.3) is 10.6 Å². The molecule has 20 heavy (non-hydrogen) atoms. The zero-order valence-corrected chi connectivity index (χ0v) is 11.8. The van der Waals surface area contributed by atoms with Gasteiger partial charge in [-0.2, -0.15) is 5.26 Å². The summed E-state index contributed by atoms with van der Waals surface area (Å²) < 4.78 is 5.38. The predicted molar refractivity (Wildman–Crippen MR) is 80.1 cm³/mol. The molecule has 2 rings (SSSR count). The van der Waals surface area contributed by atoms with Gasteiger partial charge in [0.15, 0.2) is 0 Å². The zero-order chi connectivity index (χ0) is 14.4. The van der Waals surface area contributed by atoms with Crippen LogP contribution in [-0.2, 0) is 0 Å². The molecule has 4 heteroatoms. The summed E-state index contributed by atoms with van der Waals surface area (Å²) in [5, 5.41) is 9.73. The highest BCUT2D eigenvalue weighted by Gasteiger charge is 2.09. The van der Waals surface area contributed by atoms with Crippen molar-refractivity contribution in [3.05, 3.63) is 59.9 Å². The highest BCUT2D eigenvalue weighted by atomic mass is 35.5. The second-order valence-corrected chi connectivity index (χ2v) is 4.37. The Bertz CT molecular complexity index is 642. The van der Waals surface area contributed by atoms with Crippen LogP contribution >= 0.6 is 11.6 Å². The quantitative estimate of drug-likeness (QED) is 0.794. The minimum absolute atomic E-state index is 0.418. The van der Waals surface area contributed by atoms with Crippen LogP contribution in [0.15, 0.2) is 48.8 Å².